The molecule has 11 heteroatoms. The summed E-state index contributed by atoms with van der Waals surface area (Å²) in [5.74, 6) is -0.199. The smallest absolute Gasteiger partial charge is 0.290 e. The summed E-state index contributed by atoms with van der Waals surface area (Å²) in [5.41, 5.74) is 5.66. The molecule has 2 aromatic heterocycles. The average Bonchev–Trinajstić information content (AvgIpc) is 3.61. The van der Waals surface area contributed by atoms with Gasteiger partial charge in [-0.25, -0.2) is 9.97 Å². The van der Waals surface area contributed by atoms with Gasteiger partial charge in [0.15, 0.2) is 0 Å². The van der Waals surface area contributed by atoms with Gasteiger partial charge in [0.25, 0.3) is 6.47 Å². The van der Waals surface area contributed by atoms with Crippen LogP contribution in [0.2, 0.25) is 5.02 Å². The molecule has 0 bridgehead atoms. The van der Waals surface area contributed by atoms with Crippen molar-refractivity contribution in [2.75, 3.05) is 18.0 Å². The van der Waals surface area contributed by atoms with Crippen LogP contribution in [0.4, 0.5) is 5.69 Å². The third-order valence-corrected chi connectivity index (χ3v) is 9.80. The summed E-state index contributed by atoms with van der Waals surface area (Å²) in [6.45, 7) is 2.10. The highest BCUT2D eigenvalue weighted by Crippen LogP contribution is 2.46. The van der Waals surface area contributed by atoms with Gasteiger partial charge in [0.1, 0.15) is 6.33 Å². The Balaban J connectivity index is 0.000000883. The van der Waals surface area contributed by atoms with Gasteiger partial charge in [-0.15, -0.1) is 11.3 Å². The van der Waals surface area contributed by atoms with Crippen LogP contribution in [0.1, 0.15) is 55.4 Å². The van der Waals surface area contributed by atoms with E-state index in [1.165, 1.54) is 41.8 Å². The Bertz CT molecular complexity index is 1440. The van der Waals surface area contributed by atoms with Crippen LogP contribution >= 0.6 is 22.9 Å². The number of halogens is 1. The lowest BCUT2D eigenvalue weighted by molar-refractivity contribution is -0.139. The molecule has 1 aliphatic carbocycles. The number of nitrogens with one attached hydrogen (secondary N) is 1. The molecule has 1 atom stereocenters. The van der Waals surface area contributed by atoms with Crippen molar-refractivity contribution >= 4 is 57.1 Å². The van der Waals surface area contributed by atoms with Crippen molar-refractivity contribution in [3.63, 3.8) is 0 Å². The Morgan fingerprint density at radius 2 is 1.90 bits per heavy atom. The van der Waals surface area contributed by atoms with Crippen LogP contribution in [0.3, 0.4) is 0 Å². The minimum atomic E-state index is -0.250. The zero-order valence-corrected chi connectivity index (χ0v) is 23.1. The molecule has 1 spiro atoms. The summed E-state index contributed by atoms with van der Waals surface area (Å²) in [7, 11) is 0. The van der Waals surface area contributed by atoms with Gasteiger partial charge in [0.05, 0.1) is 22.5 Å². The standard InChI is InChI=1S/C27H28ClN5O2S.CH2O2/c28-17-9-16-3-1-8-32(18-12-27(31-13-18)6-2-7-27)25(16)20(10-17)24-26-21(29-15-30-24)11-19(36-26)14-33-22(34)4-5-23(33)35;2-1-3/h9-11,15,18,31H,1-8,12-14H2;1H,(H,2,3)/t18-;/m1./s1. The molecule has 2 amide bonds. The normalized spacial score (nSPS) is 21.6. The van der Waals surface area contributed by atoms with E-state index in [9.17, 15) is 9.59 Å². The van der Waals surface area contributed by atoms with Crippen molar-refractivity contribution in [1.29, 1.82) is 0 Å². The van der Waals surface area contributed by atoms with E-state index in [4.69, 9.17) is 26.5 Å². The molecule has 3 aliphatic heterocycles. The van der Waals surface area contributed by atoms with Crippen molar-refractivity contribution in [3.05, 3.63) is 40.0 Å². The number of likely N-dealkylation sites (tertiary alicyclic amines) is 1. The summed E-state index contributed by atoms with van der Waals surface area (Å²) in [5, 5.41) is 11.5. The van der Waals surface area contributed by atoms with E-state index in [0.717, 1.165) is 57.3 Å². The molecule has 1 saturated carbocycles. The van der Waals surface area contributed by atoms with Crippen molar-refractivity contribution in [2.45, 2.75) is 69.5 Å². The lowest BCUT2D eigenvalue weighted by Gasteiger charge is -2.41. The monoisotopic (exact) mass is 567 g/mol. The molecule has 9 nitrogen and oxygen atoms in total. The second kappa shape index (κ2) is 10.5. The van der Waals surface area contributed by atoms with Crippen LogP contribution in [-0.4, -0.2) is 62.9 Å². The van der Waals surface area contributed by atoms with E-state index < -0.39 is 0 Å². The van der Waals surface area contributed by atoms with Crippen LogP contribution < -0.4 is 10.2 Å². The van der Waals surface area contributed by atoms with E-state index in [-0.39, 0.29) is 18.3 Å². The second-order valence-corrected chi connectivity index (χ2v) is 12.3. The fourth-order valence-electron chi connectivity index (χ4n) is 6.55. The minimum absolute atomic E-state index is 0.0993. The average molecular weight is 568 g/mol. The third kappa shape index (κ3) is 4.79. The maximum atomic E-state index is 12.2. The number of carboxylic acid groups (broad SMARTS) is 1. The molecule has 2 saturated heterocycles. The quantitative estimate of drug-likeness (QED) is 0.352. The van der Waals surface area contributed by atoms with Gasteiger partial charge in [0.2, 0.25) is 11.8 Å². The number of imide groups is 1. The van der Waals surface area contributed by atoms with Gasteiger partial charge in [-0.05, 0) is 62.3 Å². The van der Waals surface area contributed by atoms with Gasteiger partial charge in [-0.3, -0.25) is 19.3 Å². The number of rotatable bonds is 4. The van der Waals surface area contributed by atoms with Gasteiger partial charge >= 0.3 is 0 Å². The van der Waals surface area contributed by atoms with Crippen molar-refractivity contribution in [3.8, 4) is 11.3 Å². The molecule has 3 aromatic rings. The Morgan fingerprint density at radius 1 is 1.13 bits per heavy atom. The number of fused-ring (bicyclic) bond motifs is 2. The highest BCUT2D eigenvalue weighted by Gasteiger charge is 2.45. The number of carbonyl (C=O) groups excluding carboxylic acids is 2. The van der Waals surface area contributed by atoms with Crippen LogP contribution in [0.5, 0.6) is 0 Å². The highest BCUT2D eigenvalue weighted by atomic mass is 35.5. The highest BCUT2D eigenvalue weighted by molar-refractivity contribution is 7.19. The van der Waals surface area contributed by atoms with E-state index in [1.54, 1.807) is 17.7 Å². The Hall–Kier alpha value is -3.08. The lowest BCUT2D eigenvalue weighted by atomic mass is 9.75. The van der Waals surface area contributed by atoms with E-state index in [2.05, 4.69) is 27.3 Å². The topological polar surface area (TPSA) is 116 Å². The molecular weight excluding hydrogens is 538 g/mol. The van der Waals surface area contributed by atoms with Crippen molar-refractivity contribution in [2.24, 2.45) is 0 Å². The first kappa shape index (κ1) is 26.2. The number of thiophene rings is 1. The summed E-state index contributed by atoms with van der Waals surface area (Å²) >= 11 is 8.23. The number of benzene rings is 1. The van der Waals surface area contributed by atoms with Crippen molar-refractivity contribution < 1.29 is 19.5 Å². The molecule has 0 unspecified atom stereocenters. The van der Waals surface area contributed by atoms with Crippen LogP contribution in [0.25, 0.3) is 21.5 Å². The molecule has 2 N–H and O–H groups in total. The molecule has 1 aromatic carbocycles. The molecular formula is C28H30ClN5O4S. The Kier molecular flexibility index (Phi) is 7.03. The Labute approximate surface area is 235 Å². The number of nitrogens with zero attached hydrogens (tertiary/aromatic N) is 4. The summed E-state index contributed by atoms with van der Waals surface area (Å²) in [6, 6.07) is 6.62. The van der Waals surface area contributed by atoms with Crippen LogP contribution in [0, 0.1) is 0 Å². The third-order valence-electron chi connectivity index (χ3n) is 8.46. The number of carbonyl (C=O) groups is 3. The fraction of sp³-hybridized carbons (Fsp3) is 0.464. The molecule has 5 heterocycles. The van der Waals surface area contributed by atoms with Crippen molar-refractivity contribution in [1.82, 2.24) is 20.2 Å². The lowest BCUT2D eigenvalue weighted by Crippen LogP contribution is -2.46. The number of aryl methyl sites for hydroxylation is 1. The molecule has 3 fully saturated rings. The first-order chi connectivity index (χ1) is 18.9. The van der Waals surface area contributed by atoms with E-state index in [1.807, 2.05) is 6.07 Å². The molecule has 204 valence electrons. The Morgan fingerprint density at radius 3 is 2.59 bits per heavy atom. The molecule has 39 heavy (non-hydrogen) atoms. The zero-order chi connectivity index (χ0) is 27.1. The predicted octanol–water partition coefficient (Wildman–Crippen LogP) is 4.40. The maximum Gasteiger partial charge on any atom is 0.290 e. The van der Waals surface area contributed by atoms with Crippen LogP contribution in [-0.2, 0) is 27.3 Å². The minimum Gasteiger partial charge on any atom is -0.483 e. The summed E-state index contributed by atoms with van der Waals surface area (Å²) in [4.78, 5) is 46.9. The van der Waals surface area contributed by atoms with Gasteiger partial charge < -0.3 is 15.3 Å². The SMILES string of the molecule is O=C1CCC(=O)N1Cc1cc2ncnc(-c3cc(Cl)cc4c3N([C@H]3CNC5(CCC5)C3)CCC4)c2s1.O=CO. The van der Waals surface area contributed by atoms with E-state index in [0.29, 0.717) is 31.0 Å². The van der Waals surface area contributed by atoms with Crippen LogP contribution in [0.15, 0.2) is 24.5 Å². The summed E-state index contributed by atoms with van der Waals surface area (Å²) < 4.78 is 0.974. The largest absolute Gasteiger partial charge is 0.483 e. The number of hydrogen-bond acceptors (Lipinski definition) is 8. The number of amides is 2. The van der Waals surface area contributed by atoms with Gasteiger partial charge in [-0.2, -0.15) is 0 Å². The number of anilines is 1. The number of aromatic nitrogens is 2. The zero-order valence-electron chi connectivity index (χ0n) is 21.5. The molecule has 0 radical (unpaired) electrons. The number of hydrogen-bond donors (Lipinski definition) is 2. The molecule has 7 rings (SSSR count). The maximum absolute atomic E-state index is 12.2. The predicted molar refractivity (Wildman–Crippen MR) is 150 cm³/mol. The first-order valence-electron chi connectivity index (χ1n) is 13.4. The van der Waals surface area contributed by atoms with E-state index >= 15 is 0 Å². The fourth-order valence-corrected chi connectivity index (χ4v) is 7.89. The molecule has 4 aliphatic rings. The summed E-state index contributed by atoms with van der Waals surface area (Å²) in [6.07, 6.45) is 9.42. The van der Waals surface area contributed by atoms with Gasteiger partial charge in [0, 0.05) is 58.7 Å². The second-order valence-electron chi connectivity index (χ2n) is 10.8. The van der Waals surface area contributed by atoms with Gasteiger partial charge in [-0.1, -0.05) is 11.6 Å². The first-order valence-corrected chi connectivity index (χ1v) is 14.6.